The van der Waals surface area contributed by atoms with E-state index in [0.717, 1.165) is 0 Å². The number of carbonyl (C=O) groups excluding carboxylic acids is 3. The topological polar surface area (TPSA) is 66.9 Å². The van der Waals surface area contributed by atoms with Crippen LogP contribution in [0.4, 0.5) is 4.79 Å². The van der Waals surface area contributed by atoms with Crippen molar-refractivity contribution in [2.45, 2.75) is 45.3 Å². The molecule has 0 aromatic rings. The summed E-state index contributed by atoms with van der Waals surface area (Å²) in [6.07, 6.45) is 0.356. The number of nitrogens with zero attached hydrogens (tertiary/aromatic N) is 2. The van der Waals surface area contributed by atoms with Gasteiger partial charge < -0.3 is 14.5 Å². The molecule has 0 spiro atoms. The molecule has 6 nitrogen and oxygen atoms in total. The third-order valence-corrected chi connectivity index (χ3v) is 3.27. The molecule has 106 valence electrons. The van der Waals surface area contributed by atoms with Gasteiger partial charge in [0.2, 0.25) is 5.91 Å². The molecule has 0 bridgehead atoms. The first-order valence-electron chi connectivity index (χ1n) is 6.55. The van der Waals surface area contributed by atoms with Gasteiger partial charge in [-0.05, 0) is 27.2 Å². The van der Waals surface area contributed by atoms with E-state index in [0.29, 0.717) is 19.5 Å². The van der Waals surface area contributed by atoms with Crippen LogP contribution in [0.15, 0.2) is 0 Å². The minimum absolute atomic E-state index is 0.00291. The normalized spacial score (nSPS) is 24.3. The van der Waals surface area contributed by atoms with Crippen LogP contribution in [0.1, 0.15) is 33.6 Å². The zero-order chi connectivity index (χ0) is 14.2. The number of carbonyl (C=O) groups is 3. The minimum atomic E-state index is -0.519. The van der Waals surface area contributed by atoms with Gasteiger partial charge in [-0.15, -0.1) is 0 Å². The van der Waals surface area contributed by atoms with Crippen molar-refractivity contribution in [2.75, 3.05) is 19.6 Å². The Morgan fingerprint density at radius 1 is 1.32 bits per heavy atom. The first-order valence-corrected chi connectivity index (χ1v) is 6.55. The van der Waals surface area contributed by atoms with E-state index in [1.54, 1.807) is 9.80 Å². The van der Waals surface area contributed by atoms with Crippen molar-refractivity contribution in [1.82, 2.24) is 9.80 Å². The third-order valence-electron chi connectivity index (χ3n) is 3.27. The van der Waals surface area contributed by atoms with Crippen molar-refractivity contribution in [1.29, 1.82) is 0 Å². The van der Waals surface area contributed by atoms with Crippen LogP contribution in [0, 0.1) is 0 Å². The van der Waals surface area contributed by atoms with Crippen LogP contribution in [-0.2, 0) is 14.3 Å². The molecule has 0 aliphatic carbocycles. The fraction of sp³-hybridized carbons (Fsp3) is 0.769. The summed E-state index contributed by atoms with van der Waals surface area (Å²) in [6.45, 7) is 6.67. The molecule has 2 saturated heterocycles. The quantitative estimate of drug-likeness (QED) is 0.660. The van der Waals surface area contributed by atoms with E-state index in [2.05, 4.69) is 0 Å². The monoisotopic (exact) mass is 268 g/mol. The van der Waals surface area contributed by atoms with E-state index in [1.807, 2.05) is 20.8 Å². The lowest BCUT2D eigenvalue weighted by molar-refractivity contribution is -0.129. The number of hydrogen-bond donors (Lipinski definition) is 0. The van der Waals surface area contributed by atoms with Gasteiger partial charge in [-0.3, -0.25) is 9.59 Å². The van der Waals surface area contributed by atoms with Gasteiger partial charge in [0.05, 0.1) is 19.0 Å². The molecule has 0 saturated carbocycles. The molecule has 2 amide bonds. The molecule has 0 aromatic heterocycles. The molecule has 0 radical (unpaired) electrons. The van der Waals surface area contributed by atoms with Crippen LogP contribution in [0.2, 0.25) is 0 Å². The Kier molecular flexibility index (Phi) is 3.52. The molecule has 6 heteroatoms. The first kappa shape index (κ1) is 13.8. The van der Waals surface area contributed by atoms with Gasteiger partial charge in [-0.25, -0.2) is 4.79 Å². The summed E-state index contributed by atoms with van der Waals surface area (Å²) >= 11 is 0. The number of rotatable bonds is 1. The number of likely N-dealkylation sites (tertiary alicyclic amines) is 2. The maximum atomic E-state index is 11.9. The average molecular weight is 268 g/mol. The van der Waals surface area contributed by atoms with Crippen LogP contribution >= 0.6 is 0 Å². The van der Waals surface area contributed by atoms with Gasteiger partial charge in [0.25, 0.3) is 0 Å². The summed E-state index contributed by atoms with van der Waals surface area (Å²) < 4.78 is 5.30. The van der Waals surface area contributed by atoms with E-state index in [4.69, 9.17) is 4.74 Å². The fourth-order valence-corrected chi connectivity index (χ4v) is 2.43. The number of hydrogen-bond acceptors (Lipinski definition) is 4. The number of ketones is 1. The van der Waals surface area contributed by atoms with Crippen LogP contribution in [0.3, 0.4) is 0 Å². The van der Waals surface area contributed by atoms with E-state index in [-0.39, 0.29) is 36.8 Å². The average Bonchev–Trinajstić information content (AvgIpc) is 2.82. The Balaban J connectivity index is 1.91. The van der Waals surface area contributed by atoms with Crippen LogP contribution in [0.5, 0.6) is 0 Å². The van der Waals surface area contributed by atoms with E-state index < -0.39 is 5.60 Å². The van der Waals surface area contributed by atoms with Crippen molar-refractivity contribution in [3.8, 4) is 0 Å². The van der Waals surface area contributed by atoms with E-state index in [9.17, 15) is 14.4 Å². The third kappa shape index (κ3) is 3.24. The Hall–Kier alpha value is -1.59. The summed E-state index contributed by atoms with van der Waals surface area (Å²) in [7, 11) is 0. The first-order chi connectivity index (χ1) is 8.76. The summed E-state index contributed by atoms with van der Waals surface area (Å²) in [4.78, 5) is 38.0. The van der Waals surface area contributed by atoms with Crippen molar-refractivity contribution in [2.24, 2.45) is 0 Å². The molecule has 0 unspecified atom stereocenters. The predicted molar refractivity (Wildman–Crippen MR) is 67.5 cm³/mol. The maximum Gasteiger partial charge on any atom is 0.410 e. The highest BCUT2D eigenvalue weighted by Crippen LogP contribution is 2.21. The van der Waals surface area contributed by atoms with E-state index >= 15 is 0 Å². The van der Waals surface area contributed by atoms with Crippen molar-refractivity contribution in [3.63, 3.8) is 0 Å². The van der Waals surface area contributed by atoms with Crippen LogP contribution in [0.25, 0.3) is 0 Å². The van der Waals surface area contributed by atoms with Gasteiger partial charge in [-0.1, -0.05) is 0 Å². The van der Waals surface area contributed by atoms with Gasteiger partial charge in [0.15, 0.2) is 5.78 Å². The molecular weight excluding hydrogens is 248 g/mol. The highest BCUT2D eigenvalue weighted by atomic mass is 16.6. The summed E-state index contributed by atoms with van der Waals surface area (Å²) in [5.41, 5.74) is -0.519. The molecule has 19 heavy (non-hydrogen) atoms. The minimum Gasteiger partial charge on any atom is -0.444 e. The lowest BCUT2D eigenvalue weighted by Crippen LogP contribution is -2.41. The van der Waals surface area contributed by atoms with Gasteiger partial charge >= 0.3 is 6.09 Å². The lowest BCUT2D eigenvalue weighted by atomic mass is 10.2. The maximum absolute atomic E-state index is 11.9. The SMILES string of the molecule is CC(C)(C)OC(=O)N1CC[C@@H](N2CC(=O)CC2=O)C1. The van der Waals surface area contributed by atoms with Crippen molar-refractivity contribution >= 4 is 17.8 Å². The molecule has 2 fully saturated rings. The van der Waals surface area contributed by atoms with Gasteiger partial charge in [-0.2, -0.15) is 0 Å². The number of ether oxygens (including phenoxy) is 1. The summed E-state index contributed by atoms with van der Waals surface area (Å²) in [6, 6.07) is -0.0496. The van der Waals surface area contributed by atoms with Crippen molar-refractivity contribution in [3.05, 3.63) is 0 Å². The van der Waals surface area contributed by atoms with Crippen LogP contribution < -0.4 is 0 Å². The second-order valence-corrected chi connectivity index (χ2v) is 6.11. The highest BCUT2D eigenvalue weighted by Gasteiger charge is 2.38. The summed E-state index contributed by atoms with van der Waals surface area (Å²) in [5, 5.41) is 0. The molecule has 2 aliphatic rings. The molecular formula is C13H20N2O4. The Morgan fingerprint density at radius 3 is 2.53 bits per heavy atom. The number of Topliss-reactive ketones (excluding diaryl/α,β-unsaturated/α-hetero) is 1. The molecule has 2 heterocycles. The molecule has 0 aromatic carbocycles. The Bertz CT molecular complexity index is 413. The Morgan fingerprint density at radius 2 is 2.00 bits per heavy atom. The standard InChI is InChI=1S/C13H20N2O4/c1-13(2,3)19-12(18)14-5-4-9(7-14)15-8-10(16)6-11(15)17/h9H,4-8H2,1-3H3/t9-/m1/s1. The molecule has 2 rings (SSSR count). The van der Waals surface area contributed by atoms with Crippen LogP contribution in [-0.4, -0.2) is 58.9 Å². The molecule has 1 atom stereocenters. The fourth-order valence-electron chi connectivity index (χ4n) is 2.43. The Labute approximate surface area is 112 Å². The highest BCUT2D eigenvalue weighted by molar-refractivity contribution is 6.05. The lowest BCUT2D eigenvalue weighted by Gasteiger charge is -2.26. The largest absolute Gasteiger partial charge is 0.444 e. The molecule has 2 aliphatic heterocycles. The summed E-state index contributed by atoms with van der Waals surface area (Å²) in [5.74, 6) is -0.165. The van der Waals surface area contributed by atoms with Crippen molar-refractivity contribution < 1.29 is 19.1 Å². The number of amides is 2. The zero-order valence-electron chi connectivity index (χ0n) is 11.6. The predicted octanol–water partition coefficient (Wildman–Crippen LogP) is 0.797. The smallest absolute Gasteiger partial charge is 0.410 e. The van der Waals surface area contributed by atoms with Gasteiger partial charge in [0.1, 0.15) is 5.60 Å². The molecule has 0 N–H and O–H groups in total. The van der Waals surface area contributed by atoms with Gasteiger partial charge in [0, 0.05) is 13.1 Å². The zero-order valence-corrected chi connectivity index (χ0v) is 11.6. The van der Waals surface area contributed by atoms with E-state index in [1.165, 1.54) is 0 Å². The second kappa shape index (κ2) is 4.83. The second-order valence-electron chi connectivity index (χ2n) is 6.11.